The molecule has 2 aromatic rings. The number of hydrogen-bond acceptors (Lipinski definition) is 8. The lowest BCUT2D eigenvalue weighted by Crippen LogP contribution is -2.36. The first-order valence-corrected chi connectivity index (χ1v) is 12.9. The van der Waals surface area contributed by atoms with Crippen LogP contribution in [0.2, 0.25) is 0 Å². The normalized spacial score (nSPS) is 14.3. The highest BCUT2D eigenvalue weighted by Gasteiger charge is 2.36. The van der Waals surface area contributed by atoms with Crippen LogP contribution in [-0.4, -0.2) is 54.8 Å². The van der Waals surface area contributed by atoms with Crippen molar-refractivity contribution in [2.75, 3.05) is 32.2 Å². The summed E-state index contributed by atoms with van der Waals surface area (Å²) in [4.78, 5) is 50.3. The number of imide groups is 1. The minimum Gasteiger partial charge on any atom is -0.493 e. The number of nitrogens with zero attached hydrogens (tertiary/aromatic N) is 1. The number of carbonyl (C=O) groups is 4. The van der Waals surface area contributed by atoms with Gasteiger partial charge in [0.05, 0.1) is 22.2 Å². The van der Waals surface area contributed by atoms with Gasteiger partial charge in [-0.1, -0.05) is 15.9 Å². The zero-order valence-corrected chi connectivity index (χ0v) is 23.2. The summed E-state index contributed by atoms with van der Waals surface area (Å²) in [6.45, 7) is 1.27. The van der Waals surface area contributed by atoms with Crippen molar-refractivity contribution in [3.8, 4) is 11.5 Å². The molecule has 12 heteroatoms. The van der Waals surface area contributed by atoms with Crippen molar-refractivity contribution in [2.45, 2.75) is 6.92 Å². The van der Waals surface area contributed by atoms with E-state index in [0.717, 1.165) is 21.1 Å². The van der Waals surface area contributed by atoms with Crippen LogP contribution >= 0.6 is 50.3 Å². The summed E-state index contributed by atoms with van der Waals surface area (Å²) in [5.41, 5.74) is 1.13. The molecule has 0 aliphatic carbocycles. The zero-order chi connectivity index (χ0) is 25.5. The molecule has 0 radical (unpaired) electrons. The van der Waals surface area contributed by atoms with Crippen molar-refractivity contribution in [3.05, 3.63) is 54.9 Å². The topological polar surface area (TPSA) is 111 Å². The van der Waals surface area contributed by atoms with E-state index in [2.05, 4.69) is 21.2 Å². The van der Waals surface area contributed by atoms with Crippen molar-refractivity contribution in [1.29, 1.82) is 0 Å². The highest BCUT2D eigenvalue weighted by molar-refractivity contribution is 14.1. The first kappa shape index (κ1) is 27.0. The molecule has 184 valence electrons. The molecule has 35 heavy (non-hydrogen) atoms. The van der Waals surface area contributed by atoms with Crippen LogP contribution in [0.25, 0.3) is 6.08 Å². The number of benzene rings is 2. The smallest absolute Gasteiger partial charge is 0.344 e. The van der Waals surface area contributed by atoms with Crippen LogP contribution in [0.5, 0.6) is 11.5 Å². The van der Waals surface area contributed by atoms with Gasteiger partial charge in [0.2, 0.25) is 5.91 Å². The van der Waals surface area contributed by atoms with Crippen LogP contribution < -0.4 is 14.8 Å². The summed E-state index contributed by atoms with van der Waals surface area (Å²) in [5.74, 6) is -0.860. The molecule has 9 nitrogen and oxygen atoms in total. The Bertz CT molecular complexity index is 1190. The number of ether oxygens (including phenoxy) is 3. The predicted molar refractivity (Wildman–Crippen MR) is 143 cm³/mol. The molecule has 0 bridgehead atoms. The third-order valence-electron chi connectivity index (χ3n) is 4.49. The Morgan fingerprint density at radius 1 is 1.20 bits per heavy atom. The molecule has 0 unspecified atom stereocenters. The molecule has 1 fully saturated rings. The lowest BCUT2D eigenvalue weighted by atomic mass is 10.2. The van der Waals surface area contributed by atoms with E-state index in [1.165, 1.54) is 13.2 Å². The van der Waals surface area contributed by atoms with E-state index in [1.807, 2.05) is 22.6 Å². The number of hydrogen-bond donors (Lipinski definition) is 1. The molecule has 1 N–H and O–H groups in total. The number of thioether (sulfide) groups is 1. The minimum absolute atomic E-state index is 0.171. The molecule has 0 aromatic heterocycles. The fraction of sp³-hybridized carbons (Fsp3) is 0.217. The van der Waals surface area contributed by atoms with Crippen molar-refractivity contribution in [3.63, 3.8) is 0 Å². The number of nitrogens with one attached hydrogen (secondary N) is 1. The Kier molecular flexibility index (Phi) is 9.57. The molecule has 2 aromatic carbocycles. The average Bonchev–Trinajstić information content (AvgIpc) is 3.07. The Morgan fingerprint density at radius 2 is 1.91 bits per heavy atom. The number of rotatable bonds is 9. The van der Waals surface area contributed by atoms with E-state index < -0.39 is 29.6 Å². The summed E-state index contributed by atoms with van der Waals surface area (Å²) in [7, 11) is 1.45. The van der Waals surface area contributed by atoms with E-state index in [4.69, 9.17) is 14.2 Å². The van der Waals surface area contributed by atoms with E-state index in [0.29, 0.717) is 26.3 Å². The van der Waals surface area contributed by atoms with Crippen LogP contribution in [0.3, 0.4) is 0 Å². The second-order valence-electron chi connectivity index (χ2n) is 6.95. The Hall–Kier alpha value is -2.58. The lowest BCUT2D eigenvalue weighted by molar-refractivity contribution is -0.145. The molecule has 3 amide bonds. The summed E-state index contributed by atoms with van der Waals surface area (Å²) < 4.78 is 17.3. The van der Waals surface area contributed by atoms with Crippen LogP contribution in [0, 0.1) is 3.57 Å². The van der Waals surface area contributed by atoms with E-state index in [1.54, 1.807) is 43.3 Å². The van der Waals surface area contributed by atoms with E-state index >= 15 is 0 Å². The van der Waals surface area contributed by atoms with Gasteiger partial charge in [-0.05, 0) is 89.3 Å². The fourth-order valence-electron chi connectivity index (χ4n) is 2.96. The monoisotopic (exact) mass is 674 g/mol. The summed E-state index contributed by atoms with van der Waals surface area (Å²) >= 11 is 6.08. The van der Waals surface area contributed by atoms with Crippen LogP contribution in [0.15, 0.2) is 45.8 Å². The Labute approximate surface area is 227 Å². The quantitative estimate of drug-likeness (QED) is 0.232. The second kappa shape index (κ2) is 12.4. The number of carbonyl (C=O) groups excluding carboxylic acids is 4. The van der Waals surface area contributed by atoms with E-state index in [9.17, 15) is 19.2 Å². The first-order chi connectivity index (χ1) is 16.7. The SMILES string of the molecule is CCOC(=O)COc1c(I)cc(/C=C2/SC(=O)N(CC(=O)Nc3ccc(Br)cc3)C2=O)cc1OC. The van der Waals surface area contributed by atoms with Crippen LogP contribution in [0.4, 0.5) is 10.5 Å². The standard InChI is InChI=1S/C23H20BrIN2O7S/c1-3-33-20(29)12-34-21-16(25)8-13(9-17(21)32-2)10-18-22(30)27(23(31)35-18)11-19(28)26-15-6-4-14(24)5-7-15/h4-10H,3,11-12H2,1-2H3,(H,26,28)/b18-10+. The molecule has 1 saturated heterocycles. The minimum atomic E-state index is -0.567. The molecule has 1 heterocycles. The molecule has 0 atom stereocenters. The van der Waals surface area contributed by atoms with E-state index in [-0.39, 0.29) is 18.1 Å². The number of halogens is 2. The van der Waals surface area contributed by atoms with Crippen LogP contribution in [-0.2, 0) is 19.1 Å². The van der Waals surface area contributed by atoms with Gasteiger partial charge in [0.15, 0.2) is 18.1 Å². The molecule has 1 aliphatic heterocycles. The Morgan fingerprint density at radius 3 is 2.57 bits per heavy atom. The van der Waals surface area contributed by atoms with Gasteiger partial charge < -0.3 is 19.5 Å². The number of methoxy groups -OCH3 is 1. The lowest BCUT2D eigenvalue weighted by Gasteiger charge is -2.13. The van der Waals surface area contributed by atoms with Gasteiger partial charge in [0.1, 0.15) is 6.54 Å². The number of esters is 1. The number of anilines is 1. The van der Waals surface area contributed by atoms with Gasteiger partial charge in [-0.15, -0.1) is 0 Å². The van der Waals surface area contributed by atoms with Gasteiger partial charge >= 0.3 is 5.97 Å². The largest absolute Gasteiger partial charge is 0.493 e. The third kappa shape index (κ3) is 7.21. The van der Waals surface area contributed by atoms with Crippen molar-refractivity contribution in [1.82, 2.24) is 4.90 Å². The highest BCUT2D eigenvalue weighted by Crippen LogP contribution is 2.37. The molecular weight excluding hydrogens is 655 g/mol. The maximum Gasteiger partial charge on any atom is 0.344 e. The van der Waals surface area contributed by atoms with Gasteiger partial charge in [0.25, 0.3) is 11.1 Å². The highest BCUT2D eigenvalue weighted by atomic mass is 127. The van der Waals surface area contributed by atoms with Gasteiger partial charge in [-0.3, -0.25) is 19.3 Å². The Balaban J connectivity index is 1.72. The third-order valence-corrected chi connectivity index (χ3v) is 6.73. The second-order valence-corrected chi connectivity index (χ2v) is 10.0. The fourth-order valence-corrected chi connectivity index (χ4v) is 4.85. The number of amides is 3. The molecule has 3 rings (SSSR count). The zero-order valence-electron chi connectivity index (χ0n) is 18.6. The van der Waals surface area contributed by atoms with Crippen molar-refractivity contribution in [2.24, 2.45) is 0 Å². The first-order valence-electron chi connectivity index (χ1n) is 10.2. The molecular formula is C23H20BrIN2O7S. The maximum atomic E-state index is 12.8. The maximum absolute atomic E-state index is 12.8. The van der Waals surface area contributed by atoms with Crippen LogP contribution in [0.1, 0.15) is 12.5 Å². The summed E-state index contributed by atoms with van der Waals surface area (Å²) in [6.07, 6.45) is 1.54. The van der Waals surface area contributed by atoms with Crippen molar-refractivity contribution < 1.29 is 33.4 Å². The summed E-state index contributed by atoms with van der Waals surface area (Å²) in [5, 5.41) is 2.12. The molecule has 0 saturated carbocycles. The predicted octanol–water partition coefficient (Wildman–Crippen LogP) is 4.68. The molecule has 1 aliphatic rings. The van der Waals surface area contributed by atoms with Gasteiger partial charge in [-0.2, -0.15) is 0 Å². The van der Waals surface area contributed by atoms with Gasteiger partial charge in [0, 0.05) is 10.2 Å². The average molecular weight is 675 g/mol. The van der Waals surface area contributed by atoms with Gasteiger partial charge in [-0.25, -0.2) is 4.79 Å². The van der Waals surface area contributed by atoms with Crippen molar-refractivity contribution >= 4 is 85.1 Å². The molecule has 0 spiro atoms. The summed E-state index contributed by atoms with van der Waals surface area (Å²) in [6, 6.07) is 10.3.